The fourth-order valence-corrected chi connectivity index (χ4v) is 2.18. The quantitative estimate of drug-likeness (QED) is 0.461. The smallest absolute Gasteiger partial charge is 0.309 e. The molecule has 0 amide bonds. The Bertz CT molecular complexity index is 206. The number of carbonyl (C=O) groups is 1. The van der Waals surface area contributed by atoms with Crippen LogP contribution in [-0.4, -0.2) is 12.6 Å². The van der Waals surface area contributed by atoms with E-state index in [4.69, 9.17) is 4.74 Å². The maximum atomic E-state index is 11.3. The summed E-state index contributed by atoms with van der Waals surface area (Å²) in [6.45, 7) is 2.38. The molecular weight excluding hydrogens is 152 g/mol. The van der Waals surface area contributed by atoms with Gasteiger partial charge in [0.1, 0.15) is 0 Å². The summed E-state index contributed by atoms with van der Waals surface area (Å²) in [5, 5.41) is 0. The lowest BCUT2D eigenvalue weighted by molar-refractivity contribution is -0.145. The van der Waals surface area contributed by atoms with E-state index in [1.54, 1.807) is 0 Å². The Balaban J connectivity index is 1.90. The molecule has 2 atom stereocenters. The standard InChI is InChI=1S/C10H14O2/c1-2-12-10(11)9-7-5-3-4-6-8(7)9/h3-4,7-9H,2,5-6H2,1H3. The van der Waals surface area contributed by atoms with Crippen LogP contribution in [0.5, 0.6) is 0 Å². The van der Waals surface area contributed by atoms with Gasteiger partial charge in [-0.05, 0) is 31.6 Å². The lowest BCUT2D eigenvalue weighted by Crippen LogP contribution is -2.08. The van der Waals surface area contributed by atoms with Crippen LogP contribution in [0.3, 0.4) is 0 Å². The third kappa shape index (κ3) is 1.15. The topological polar surface area (TPSA) is 26.3 Å². The number of esters is 1. The lowest BCUT2D eigenvalue weighted by Gasteiger charge is -1.98. The summed E-state index contributed by atoms with van der Waals surface area (Å²) in [5.41, 5.74) is 0. The van der Waals surface area contributed by atoms with Gasteiger partial charge in [0.25, 0.3) is 0 Å². The van der Waals surface area contributed by atoms with Gasteiger partial charge in [0.05, 0.1) is 12.5 Å². The SMILES string of the molecule is CCOC(=O)C1C2CC=CCC21. The molecule has 1 fully saturated rings. The molecule has 12 heavy (non-hydrogen) atoms. The van der Waals surface area contributed by atoms with Gasteiger partial charge < -0.3 is 4.74 Å². The monoisotopic (exact) mass is 166 g/mol. The second kappa shape index (κ2) is 2.92. The van der Waals surface area contributed by atoms with Crippen molar-refractivity contribution in [3.8, 4) is 0 Å². The van der Waals surface area contributed by atoms with E-state index in [1.165, 1.54) is 0 Å². The van der Waals surface area contributed by atoms with Crippen LogP contribution in [0.15, 0.2) is 12.2 Å². The number of hydrogen-bond donors (Lipinski definition) is 0. The first-order valence-corrected chi connectivity index (χ1v) is 4.66. The molecule has 2 unspecified atom stereocenters. The zero-order valence-corrected chi connectivity index (χ0v) is 7.32. The number of carbonyl (C=O) groups excluding carboxylic acids is 1. The van der Waals surface area contributed by atoms with Crippen molar-refractivity contribution in [3.05, 3.63) is 12.2 Å². The van der Waals surface area contributed by atoms with Crippen LogP contribution in [0.1, 0.15) is 19.8 Å². The highest BCUT2D eigenvalue weighted by atomic mass is 16.5. The molecule has 2 aliphatic rings. The van der Waals surface area contributed by atoms with Crippen molar-refractivity contribution >= 4 is 5.97 Å². The molecule has 2 aliphatic carbocycles. The summed E-state index contributed by atoms with van der Waals surface area (Å²) < 4.78 is 4.99. The third-order valence-electron chi connectivity index (χ3n) is 2.87. The first kappa shape index (κ1) is 7.84. The number of allylic oxidation sites excluding steroid dienone is 2. The largest absolute Gasteiger partial charge is 0.466 e. The Morgan fingerprint density at radius 1 is 1.42 bits per heavy atom. The summed E-state index contributed by atoms with van der Waals surface area (Å²) in [7, 11) is 0. The molecule has 0 aliphatic heterocycles. The minimum absolute atomic E-state index is 0.0243. The predicted molar refractivity (Wildman–Crippen MR) is 45.5 cm³/mol. The van der Waals surface area contributed by atoms with Gasteiger partial charge in [-0.25, -0.2) is 0 Å². The molecule has 2 rings (SSSR count). The molecule has 66 valence electrons. The summed E-state index contributed by atoms with van der Waals surface area (Å²) in [6.07, 6.45) is 6.52. The molecule has 0 bridgehead atoms. The molecule has 0 heterocycles. The van der Waals surface area contributed by atoms with Gasteiger partial charge in [-0.3, -0.25) is 4.79 Å². The number of fused-ring (bicyclic) bond motifs is 1. The van der Waals surface area contributed by atoms with E-state index in [2.05, 4.69) is 12.2 Å². The highest BCUT2D eigenvalue weighted by Gasteiger charge is 2.54. The molecular formula is C10H14O2. The van der Waals surface area contributed by atoms with E-state index in [9.17, 15) is 4.79 Å². The number of hydrogen-bond acceptors (Lipinski definition) is 2. The van der Waals surface area contributed by atoms with Crippen molar-refractivity contribution in [2.45, 2.75) is 19.8 Å². The second-order valence-electron chi connectivity index (χ2n) is 3.55. The fraction of sp³-hybridized carbons (Fsp3) is 0.700. The number of ether oxygens (including phenoxy) is 1. The van der Waals surface area contributed by atoms with Gasteiger partial charge in [0, 0.05) is 0 Å². The Hall–Kier alpha value is -0.790. The molecule has 0 N–H and O–H groups in total. The highest BCUT2D eigenvalue weighted by molar-refractivity contribution is 5.76. The fourth-order valence-electron chi connectivity index (χ4n) is 2.18. The summed E-state index contributed by atoms with van der Waals surface area (Å²) in [5.74, 6) is 1.46. The van der Waals surface area contributed by atoms with Crippen LogP contribution >= 0.6 is 0 Å². The maximum absolute atomic E-state index is 11.3. The van der Waals surface area contributed by atoms with Crippen LogP contribution in [0.25, 0.3) is 0 Å². The van der Waals surface area contributed by atoms with Crippen LogP contribution in [0.2, 0.25) is 0 Å². The first-order chi connectivity index (χ1) is 5.84. The molecule has 0 aromatic rings. The Morgan fingerprint density at radius 3 is 2.50 bits per heavy atom. The van der Waals surface area contributed by atoms with Crippen molar-refractivity contribution in [1.82, 2.24) is 0 Å². The molecule has 1 saturated carbocycles. The average Bonchev–Trinajstić information content (AvgIpc) is 2.78. The zero-order chi connectivity index (χ0) is 8.55. The summed E-state index contributed by atoms with van der Waals surface area (Å²) >= 11 is 0. The third-order valence-corrected chi connectivity index (χ3v) is 2.87. The Morgan fingerprint density at radius 2 is 2.00 bits per heavy atom. The van der Waals surface area contributed by atoms with Crippen molar-refractivity contribution in [1.29, 1.82) is 0 Å². The summed E-state index contributed by atoms with van der Waals surface area (Å²) in [4.78, 5) is 11.3. The van der Waals surface area contributed by atoms with Crippen LogP contribution < -0.4 is 0 Å². The molecule has 0 aromatic carbocycles. The Kier molecular flexibility index (Phi) is 1.91. The van der Waals surface area contributed by atoms with Gasteiger partial charge in [0.2, 0.25) is 0 Å². The van der Waals surface area contributed by atoms with Gasteiger partial charge >= 0.3 is 5.97 Å². The van der Waals surface area contributed by atoms with E-state index in [0.717, 1.165) is 12.8 Å². The summed E-state index contributed by atoms with van der Waals surface area (Å²) in [6, 6.07) is 0. The van der Waals surface area contributed by atoms with Crippen LogP contribution in [0.4, 0.5) is 0 Å². The minimum Gasteiger partial charge on any atom is -0.466 e. The molecule has 0 aromatic heterocycles. The van der Waals surface area contributed by atoms with Gasteiger partial charge in [0.15, 0.2) is 0 Å². The van der Waals surface area contributed by atoms with Crippen LogP contribution in [-0.2, 0) is 9.53 Å². The lowest BCUT2D eigenvalue weighted by atomic mass is 10.1. The first-order valence-electron chi connectivity index (χ1n) is 4.66. The van der Waals surface area contributed by atoms with Gasteiger partial charge in [-0.2, -0.15) is 0 Å². The van der Waals surface area contributed by atoms with E-state index in [1.807, 2.05) is 6.92 Å². The second-order valence-corrected chi connectivity index (χ2v) is 3.55. The minimum atomic E-state index is 0.0243. The number of rotatable bonds is 2. The molecule has 0 radical (unpaired) electrons. The van der Waals surface area contributed by atoms with Crippen molar-refractivity contribution in [2.24, 2.45) is 17.8 Å². The van der Waals surface area contributed by atoms with E-state index < -0.39 is 0 Å². The van der Waals surface area contributed by atoms with Gasteiger partial charge in [-0.1, -0.05) is 12.2 Å². The van der Waals surface area contributed by atoms with E-state index >= 15 is 0 Å². The van der Waals surface area contributed by atoms with Gasteiger partial charge in [-0.15, -0.1) is 0 Å². The predicted octanol–water partition coefficient (Wildman–Crippen LogP) is 1.76. The maximum Gasteiger partial charge on any atom is 0.309 e. The van der Waals surface area contributed by atoms with E-state index in [0.29, 0.717) is 18.4 Å². The van der Waals surface area contributed by atoms with Crippen molar-refractivity contribution in [2.75, 3.05) is 6.61 Å². The zero-order valence-electron chi connectivity index (χ0n) is 7.32. The molecule has 0 spiro atoms. The highest BCUT2D eigenvalue weighted by Crippen LogP contribution is 2.53. The molecule has 0 saturated heterocycles. The normalized spacial score (nSPS) is 37.2. The Labute approximate surface area is 72.6 Å². The average molecular weight is 166 g/mol. The van der Waals surface area contributed by atoms with Crippen molar-refractivity contribution < 1.29 is 9.53 Å². The van der Waals surface area contributed by atoms with Crippen LogP contribution in [0, 0.1) is 17.8 Å². The van der Waals surface area contributed by atoms with E-state index in [-0.39, 0.29) is 11.9 Å². The molecule has 2 nitrogen and oxygen atoms in total. The van der Waals surface area contributed by atoms with Crippen molar-refractivity contribution in [3.63, 3.8) is 0 Å². The molecule has 2 heteroatoms.